The molecule has 0 fully saturated rings. The Labute approximate surface area is 216 Å². The molecule has 3 aromatic rings. The Morgan fingerprint density at radius 1 is 1.19 bits per heavy atom. The zero-order valence-electron chi connectivity index (χ0n) is 20.6. The molecule has 0 spiro atoms. The summed E-state index contributed by atoms with van der Waals surface area (Å²) < 4.78 is 44.9. The molecule has 0 radical (unpaired) electrons. The average Bonchev–Trinajstić information content (AvgIpc) is 3.31. The molecule has 0 aliphatic rings. The van der Waals surface area contributed by atoms with Crippen LogP contribution in [0, 0.1) is 17.6 Å². The highest BCUT2D eigenvalue weighted by atomic mass is 32.1. The van der Waals surface area contributed by atoms with Crippen molar-refractivity contribution in [1.29, 1.82) is 0 Å². The Kier molecular flexibility index (Phi) is 9.31. The lowest BCUT2D eigenvalue weighted by Crippen LogP contribution is -2.13. The molecule has 37 heavy (non-hydrogen) atoms. The van der Waals surface area contributed by atoms with Crippen LogP contribution in [-0.4, -0.2) is 42.8 Å². The van der Waals surface area contributed by atoms with E-state index in [1.165, 1.54) is 0 Å². The van der Waals surface area contributed by atoms with Crippen LogP contribution in [0.2, 0.25) is 0 Å². The highest BCUT2D eigenvalue weighted by Crippen LogP contribution is 2.35. The molecular formula is C26H26F2N2O6S. The van der Waals surface area contributed by atoms with E-state index in [9.17, 15) is 18.4 Å². The number of carboxylic acid groups (broad SMARTS) is 1. The molecule has 0 atom stereocenters. The van der Waals surface area contributed by atoms with Gasteiger partial charge in [-0.2, -0.15) is 0 Å². The summed E-state index contributed by atoms with van der Waals surface area (Å²) in [5.74, 6) is -4.20. The van der Waals surface area contributed by atoms with Crippen molar-refractivity contribution in [1.82, 2.24) is 4.98 Å². The molecule has 0 unspecified atom stereocenters. The van der Waals surface area contributed by atoms with Gasteiger partial charge in [-0.15, -0.1) is 11.3 Å². The van der Waals surface area contributed by atoms with Gasteiger partial charge in [-0.05, 0) is 24.1 Å². The van der Waals surface area contributed by atoms with Crippen molar-refractivity contribution in [3.63, 3.8) is 0 Å². The van der Waals surface area contributed by atoms with E-state index < -0.39 is 34.8 Å². The second-order valence-corrected chi connectivity index (χ2v) is 9.13. The van der Waals surface area contributed by atoms with Crippen molar-refractivity contribution in [3.05, 3.63) is 69.8 Å². The number of anilines is 1. The number of carbonyl (C=O) groups excluding carboxylic acids is 1. The van der Waals surface area contributed by atoms with Crippen LogP contribution in [0.3, 0.4) is 0 Å². The Balaban J connectivity index is 1.80. The minimum Gasteiger partial charge on any atom is -0.496 e. The fraction of sp³-hybridized carbons (Fsp3) is 0.269. The molecule has 196 valence electrons. The van der Waals surface area contributed by atoms with Gasteiger partial charge in [-0.25, -0.2) is 18.6 Å². The summed E-state index contributed by atoms with van der Waals surface area (Å²) in [6.07, 6.45) is 0.706. The second kappa shape index (κ2) is 12.4. The molecule has 1 aromatic heterocycles. The van der Waals surface area contributed by atoms with Crippen LogP contribution in [0.4, 0.5) is 13.9 Å². The molecule has 8 nitrogen and oxygen atoms in total. The summed E-state index contributed by atoms with van der Waals surface area (Å²) in [5, 5.41) is 13.4. The predicted molar refractivity (Wildman–Crippen MR) is 136 cm³/mol. The second-order valence-electron chi connectivity index (χ2n) is 8.27. The number of halogens is 2. The number of benzene rings is 2. The number of aliphatic carboxylic acids is 1. The zero-order chi connectivity index (χ0) is 27.1. The number of amides is 1. The average molecular weight is 533 g/mol. The van der Waals surface area contributed by atoms with Gasteiger partial charge in [0, 0.05) is 40.3 Å². The number of carbonyl (C=O) groups is 2. The smallest absolute Gasteiger partial charge is 0.371 e. The minimum atomic E-state index is -1.49. The lowest BCUT2D eigenvalue weighted by atomic mass is 10.1. The molecular weight excluding hydrogens is 506 g/mol. The van der Waals surface area contributed by atoms with Crippen LogP contribution in [0.1, 0.15) is 35.3 Å². The number of nitrogens with zero attached hydrogens (tertiary/aromatic N) is 1. The molecule has 3 rings (SSSR count). The van der Waals surface area contributed by atoms with E-state index in [0.717, 1.165) is 36.1 Å². The van der Waals surface area contributed by atoms with Gasteiger partial charge in [-0.1, -0.05) is 26.0 Å². The first-order chi connectivity index (χ1) is 17.6. The van der Waals surface area contributed by atoms with Gasteiger partial charge in [0.2, 0.25) is 5.76 Å². The molecule has 0 aliphatic heterocycles. The van der Waals surface area contributed by atoms with Crippen molar-refractivity contribution < 1.29 is 37.7 Å². The van der Waals surface area contributed by atoms with E-state index in [1.54, 1.807) is 12.5 Å². The van der Waals surface area contributed by atoms with Crippen LogP contribution >= 0.6 is 11.3 Å². The first-order valence-corrected chi connectivity index (χ1v) is 12.0. The highest BCUT2D eigenvalue weighted by molar-refractivity contribution is 7.14. The van der Waals surface area contributed by atoms with Crippen molar-refractivity contribution >= 4 is 34.4 Å². The lowest BCUT2D eigenvalue weighted by Gasteiger charge is -2.13. The highest BCUT2D eigenvalue weighted by Gasteiger charge is 2.19. The number of hydrogen-bond donors (Lipinski definition) is 2. The third-order valence-electron chi connectivity index (χ3n) is 5.06. The number of para-hydroxylation sites is 1. The molecule has 0 saturated heterocycles. The van der Waals surface area contributed by atoms with Gasteiger partial charge in [-0.3, -0.25) is 10.1 Å². The van der Waals surface area contributed by atoms with E-state index >= 15 is 0 Å². The predicted octanol–water partition coefficient (Wildman–Crippen LogP) is 5.59. The standard InChI is InChI=1S/C26H26F2N2O6S/c1-14(2)11-36-12-15-6-5-7-17(23(15)35-4)21-13-37-26(29-21)30-24(31)16-8-19(27)18(20(28)9-16)10-22(34-3)25(32)33/h5-10,13-14H,11-12H2,1-4H3,(H,32,33)(H,29,30,31)/b22-10+. The van der Waals surface area contributed by atoms with Gasteiger partial charge >= 0.3 is 5.97 Å². The summed E-state index contributed by atoms with van der Waals surface area (Å²) in [7, 11) is 2.61. The number of rotatable bonds is 11. The van der Waals surface area contributed by atoms with Crippen LogP contribution in [0.5, 0.6) is 5.75 Å². The number of carboxylic acids is 1. The van der Waals surface area contributed by atoms with E-state index in [1.807, 2.05) is 18.2 Å². The SMILES string of the molecule is CO/C(=C/c1c(F)cc(C(=O)Nc2nc(-c3cccc(COCC(C)C)c3OC)cs2)cc1F)C(=O)O. The Morgan fingerprint density at radius 2 is 1.89 bits per heavy atom. The number of aromatic nitrogens is 1. The maximum absolute atomic E-state index is 14.5. The van der Waals surface area contributed by atoms with Gasteiger partial charge < -0.3 is 19.3 Å². The van der Waals surface area contributed by atoms with Gasteiger partial charge in [0.05, 0.1) is 26.5 Å². The van der Waals surface area contributed by atoms with Crippen molar-refractivity contribution in [3.8, 4) is 17.0 Å². The number of hydrogen-bond acceptors (Lipinski definition) is 7. The maximum atomic E-state index is 14.5. The Bertz CT molecular complexity index is 1300. The van der Waals surface area contributed by atoms with Gasteiger partial charge in [0.15, 0.2) is 5.13 Å². The van der Waals surface area contributed by atoms with Crippen molar-refractivity contribution in [2.45, 2.75) is 20.5 Å². The largest absolute Gasteiger partial charge is 0.496 e. The Morgan fingerprint density at radius 3 is 2.49 bits per heavy atom. The van der Waals surface area contributed by atoms with Crippen LogP contribution in [0.15, 0.2) is 41.5 Å². The quantitative estimate of drug-likeness (QED) is 0.245. The van der Waals surface area contributed by atoms with Crippen LogP contribution in [-0.2, 0) is 20.9 Å². The van der Waals surface area contributed by atoms with Crippen molar-refractivity contribution in [2.75, 3.05) is 26.1 Å². The van der Waals surface area contributed by atoms with Crippen molar-refractivity contribution in [2.24, 2.45) is 5.92 Å². The molecule has 0 bridgehead atoms. The zero-order valence-corrected chi connectivity index (χ0v) is 21.4. The van der Waals surface area contributed by atoms with Crippen LogP contribution in [0.25, 0.3) is 17.3 Å². The number of ether oxygens (including phenoxy) is 3. The minimum absolute atomic E-state index is 0.209. The monoisotopic (exact) mass is 532 g/mol. The number of nitrogens with one attached hydrogen (secondary N) is 1. The summed E-state index contributed by atoms with van der Waals surface area (Å²) in [6.45, 7) is 5.09. The fourth-order valence-corrected chi connectivity index (χ4v) is 4.07. The van der Waals surface area contributed by atoms with E-state index in [2.05, 4.69) is 28.9 Å². The number of methoxy groups -OCH3 is 2. The molecule has 1 amide bonds. The first-order valence-electron chi connectivity index (χ1n) is 11.1. The molecule has 0 saturated carbocycles. The van der Waals surface area contributed by atoms with Gasteiger partial charge in [0.25, 0.3) is 5.91 Å². The van der Waals surface area contributed by atoms with Gasteiger partial charge in [0.1, 0.15) is 17.4 Å². The fourth-order valence-electron chi connectivity index (χ4n) is 3.36. The van der Waals surface area contributed by atoms with E-state index in [4.69, 9.17) is 14.6 Å². The summed E-state index contributed by atoms with van der Waals surface area (Å²) in [5.41, 5.74) is 1.14. The maximum Gasteiger partial charge on any atom is 0.371 e. The molecule has 2 aromatic carbocycles. The summed E-state index contributed by atoms with van der Waals surface area (Å²) in [6, 6.07) is 7.18. The topological polar surface area (TPSA) is 107 Å². The Hall–Kier alpha value is -3.83. The lowest BCUT2D eigenvalue weighted by molar-refractivity contribution is -0.135. The van der Waals surface area contributed by atoms with E-state index in [-0.39, 0.29) is 10.7 Å². The molecule has 11 heteroatoms. The third kappa shape index (κ3) is 6.89. The third-order valence-corrected chi connectivity index (χ3v) is 5.82. The summed E-state index contributed by atoms with van der Waals surface area (Å²) >= 11 is 1.13. The molecule has 0 aliphatic carbocycles. The molecule has 1 heterocycles. The van der Waals surface area contributed by atoms with Crippen LogP contribution < -0.4 is 10.1 Å². The van der Waals surface area contributed by atoms with E-state index in [0.29, 0.717) is 42.2 Å². The summed E-state index contributed by atoms with van der Waals surface area (Å²) in [4.78, 5) is 28.1. The molecule has 2 N–H and O–H groups in total. The number of thiazole rings is 1. The normalized spacial score (nSPS) is 11.5. The first kappa shape index (κ1) is 27.8.